The predicted octanol–water partition coefficient (Wildman–Crippen LogP) is 6.85. The van der Waals surface area contributed by atoms with Gasteiger partial charge in [0, 0.05) is 29.6 Å². The summed E-state index contributed by atoms with van der Waals surface area (Å²) in [6.07, 6.45) is 3.75. The average Bonchev–Trinajstić information content (AvgIpc) is 3.09. The number of hydrogen-bond acceptors (Lipinski definition) is 3. The fourth-order valence-electron chi connectivity index (χ4n) is 1.77. The van der Waals surface area contributed by atoms with Gasteiger partial charge in [0.1, 0.15) is 11.6 Å². The largest absolute Gasteiger partial charge is 0.445 e. The number of aromatic nitrogens is 3. The van der Waals surface area contributed by atoms with Gasteiger partial charge < -0.3 is 9.40 Å². The van der Waals surface area contributed by atoms with Crippen LogP contribution in [0.15, 0.2) is 16.8 Å². The summed E-state index contributed by atoms with van der Waals surface area (Å²) in [5.41, 5.74) is 1.23. The van der Waals surface area contributed by atoms with Crippen LogP contribution in [0.25, 0.3) is 0 Å². The fourth-order valence-corrected chi connectivity index (χ4v) is 1.77. The van der Waals surface area contributed by atoms with E-state index < -0.39 is 0 Å². The summed E-state index contributed by atoms with van der Waals surface area (Å²) in [7, 11) is 0. The molecule has 0 amide bonds. The van der Waals surface area contributed by atoms with Crippen LogP contribution < -0.4 is 0 Å². The highest BCUT2D eigenvalue weighted by molar-refractivity contribution is 5.07. The Balaban J connectivity index is 0. The molecule has 0 atom stereocenters. The number of aromatic amines is 1. The maximum atomic E-state index is 5.50. The molecule has 0 bridgehead atoms. The summed E-state index contributed by atoms with van der Waals surface area (Å²) in [5, 5.41) is 0. The number of nitrogens with one attached hydrogen (secondary N) is 1. The minimum absolute atomic E-state index is 0. The van der Waals surface area contributed by atoms with Gasteiger partial charge in [-0.25, -0.2) is 9.97 Å². The van der Waals surface area contributed by atoms with Crippen molar-refractivity contribution < 1.29 is 4.42 Å². The molecule has 140 valence electrons. The van der Waals surface area contributed by atoms with Gasteiger partial charge in [-0.3, -0.25) is 0 Å². The number of imidazole rings is 1. The molecule has 2 rings (SSSR count). The molecular weight excluding hydrogens is 298 g/mol. The van der Waals surface area contributed by atoms with E-state index in [-0.39, 0.29) is 14.9 Å². The number of rotatable bonds is 4. The highest BCUT2D eigenvalue weighted by atomic mass is 16.4. The molecule has 0 fully saturated rings. The van der Waals surface area contributed by atoms with E-state index in [0.717, 1.165) is 17.5 Å². The second-order valence-corrected chi connectivity index (χ2v) is 6.94. The summed E-state index contributed by atoms with van der Waals surface area (Å²) in [4.78, 5) is 11.8. The molecule has 4 nitrogen and oxygen atoms in total. The summed E-state index contributed by atoms with van der Waals surface area (Å²) in [6.45, 7) is 17.0. The highest BCUT2D eigenvalue weighted by Gasteiger charge is 2.09. The molecular formula is C20H39N3O. The average molecular weight is 338 g/mol. The number of H-pyrrole nitrogens is 1. The SMILES string of the molecule is C.C.CC(C)c1cnc(C(C)C)[nH]1.CC(C)c1cnc(C(C)C)o1. The molecule has 0 aromatic carbocycles. The van der Waals surface area contributed by atoms with Crippen LogP contribution in [0.3, 0.4) is 0 Å². The maximum absolute atomic E-state index is 5.50. The zero-order valence-electron chi connectivity index (χ0n) is 15.3. The lowest BCUT2D eigenvalue weighted by atomic mass is 10.1. The first kappa shape index (κ1) is 24.7. The van der Waals surface area contributed by atoms with Gasteiger partial charge in [0.25, 0.3) is 0 Å². The molecule has 24 heavy (non-hydrogen) atoms. The normalized spacial score (nSPS) is 10.5. The van der Waals surface area contributed by atoms with Crippen molar-refractivity contribution >= 4 is 0 Å². The van der Waals surface area contributed by atoms with Gasteiger partial charge >= 0.3 is 0 Å². The molecule has 0 aliphatic rings. The molecule has 0 radical (unpaired) electrons. The van der Waals surface area contributed by atoms with E-state index in [9.17, 15) is 0 Å². The minimum atomic E-state index is 0. The van der Waals surface area contributed by atoms with Crippen molar-refractivity contribution in [3.8, 4) is 0 Å². The molecule has 2 aromatic heterocycles. The first-order valence-electron chi connectivity index (χ1n) is 8.22. The fraction of sp³-hybridized carbons (Fsp3) is 0.700. The molecule has 0 aliphatic carbocycles. The predicted molar refractivity (Wildman–Crippen MR) is 105 cm³/mol. The van der Waals surface area contributed by atoms with Crippen molar-refractivity contribution in [1.29, 1.82) is 0 Å². The van der Waals surface area contributed by atoms with Gasteiger partial charge in [0.05, 0.1) is 6.20 Å². The van der Waals surface area contributed by atoms with Crippen LogP contribution in [-0.2, 0) is 0 Å². The number of nitrogens with zero attached hydrogens (tertiary/aromatic N) is 2. The van der Waals surface area contributed by atoms with E-state index in [0.29, 0.717) is 23.7 Å². The summed E-state index contributed by atoms with van der Waals surface area (Å²) >= 11 is 0. The van der Waals surface area contributed by atoms with E-state index in [1.54, 1.807) is 0 Å². The lowest BCUT2D eigenvalue weighted by molar-refractivity contribution is 0.422. The first-order valence-corrected chi connectivity index (χ1v) is 8.22. The highest BCUT2D eigenvalue weighted by Crippen LogP contribution is 2.19. The Bertz CT molecular complexity index is 455. The van der Waals surface area contributed by atoms with E-state index in [1.807, 2.05) is 12.4 Å². The Labute approximate surface area is 149 Å². The molecule has 0 aliphatic heterocycles. The van der Waals surface area contributed by atoms with Crippen LogP contribution in [0.1, 0.15) is 117 Å². The van der Waals surface area contributed by atoms with Gasteiger partial charge in [0.15, 0.2) is 5.89 Å². The van der Waals surface area contributed by atoms with Gasteiger partial charge in [0.2, 0.25) is 0 Å². The lowest BCUT2D eigenvalue weighted by Crippen LogP contribution is -1.91. The van der Waals surface area contributed by atoms with Crippen LogP contribution in [-0.4, -0.2) is 15.0 Å². The van der Waals surface area contributed by atoms with Crippen molar-refractivity contribution in [2.45, 2.75) is 93.9 Å². The third-order valence-electron chi connectivity index (χ3n) is 3.39. The van der Waals surface area contributed by atoms with E-state index in [1.165, 1.54) is 5.69 Å². The third kappa shape index (κ3) is 7.33. The van der Waals surface area contributed by atoms with Crippen molar-refractivity contribution in [3.63, 3.8) is 0 Å². The maximum Gasteiger partial charge on any atom is 0.196 e. The monoisotopic (exact) mass is 337 g/mol. The Kier molecular flexibility index (Phi) is 11.4. The second-order valence-electron chi connectivity index (χ2n) is 6.94. The zero-order chi connectivity index (χ0) is 16.9. The molecule has 2 aromatic rings. The van der Waals surface area contributed by atoms with Crippen LogP contribution in [0.2, 0.25) is 0 Å². The number of oxazole rings is 1. The van der Waals surface area contributed by atoms with Crippen molar-refractivity contribution in [2.75, 3.05) is 0 Å². The quantitative estimate of drug-likeness (QED) is 0.663. The van der Waals surface area contributed by atoms with E-state index in [2.05, 4.69) is 70.3 Å². The van der Waals surface area contributed by atoms with Crippen molar-refractivity contribution in [1.82, 2.24) is 15.0 Å². The van der Waals surface area contributed by atoms with Crippen molar-refractivity contribution in [2.24, 2.45) is 0 Å². The third-order valence-corrected chi connectivity index (χ3v) is 3.39. The minimum Gasteiger partial charge on any atom is -0.445 e. The molecule has 1 N–H and O–H groups in total. The molecule has 0 spiro atoms. The van der Waals surface area contributed by atoms with Crippen LogP contribution in [0.4, 0.5) is 0 Å². The van der Waals surface area contributed by atoms with Crippen LogP contribution in [0, 0.1) is 0 Å². The van der Waals surface area contributed by atoms with Crippen LogP contribution in [0.5, 0.6) is 0 Å². The van der Waals surface area contributed by atoms with Gasteiger partial charge in [-0.2, -0.15) is 0 Å². The second kappa shape index (κ2) is 11.1. The smallest absolute Gasteiger partial charge is 0.196 e. The molecule has 0 unspecified atom stereocenters. The summed E-state index contributed by atoms with van der Waals surface area (Å²) < 4.78 is 5.50. The van der Waals surface area contributed by atoms with Gasteiger partial charge in [-0.1, -0.05) is 70.2 Å². The number of hydrogen-bond donors (Lipinski definition) is 1. The van der Waals surface area contributed by atoms with Gasteiger partial charge in [-0.15, -0.1) is 0 Å². The summed E-state index contributed by atoms with van der Waals surface area (Å²) in [6, 6.07) is 0. The van der Waals surface area contributed by atoms with Crippen LogP contribution >= 0.6 is 0 Å². The molecule has 4 heteroatoms. The molecule has 2 heterocycles. The van der Waals surface area contributed by atoms with E-state index >= 15 is 0 Å². The molecule has 0 saturated carbocycles. The topological polar surface area (TPSA) is 54.7 Å². The first-order chi connectivity index (χ1) is 10.2. The Morgan fingerprint density at radius 3 is 1.58 bits per heavy atom. The van der Waals surface area contributed by atoms with Crippen molar-refractivity contribution in [3.05, 3.63) is 35.6 Å². The Hall–Kier alpha value is -1.58. The van der Waals surface area contributed by atoms with Gasteiger partial charge in [-0.05, 0) is 5.92 Å². The Morgan fingerprint density at radius 1 is 0.750 bits per heavy atom. The van der Waals surface area contributed by atoms with E-state index in [4.69, 9.17) is 4.42 Å². The summed E-state index contributed by atoms with van der Waals surface area (Å²) in [5.74, 6) is 4.80. The standard InChI is InChI=1S/C9H16N2.C9H15NO.2CH4/c2*1-6(2)8-5-10-9(11-8)7(3)4;;/h5-7H,1-4H3,(H,10,11);5-7H,1-4H3;2*1H4. The molecule has 0 saturated heterocycles. The Morgan fingerprint density at radius 2 is 1.33 bits per heavy atom. The lowest BCUT2D eigenvalue weighted by Gasteiger charge is -2.00. The zero-order valence-corrected chi connectivity index (χ0v) is 15.3.